The van der Waals surface area contributed by atoms with E-state index in [-0.39, 0.29) is 0 Å². The lowest BCUT2D eigenvalue weighted by Crippen LogP contribution is -2.31. The molecule has 2 aromatic heterocycles. The van der Waals surface area contributed by atoms with E-state index in [1.807, 2.05) is 36.4 Å². The zero-order valence-corrected chi connectivity index (χ0v) is 12.6. The van der Waals surface area contributed by atoms with Crippen LogP contribution in [0.15, 0.2) is 28.2 Å². The van der Waals surface area contributed by atoms with Crippen molar-refractivity contribution in [3.05, 3.63) is 40.2 Å². The molecule has 0 aliphatic heterocycles. The minimum atomic E-state index is -0.518. The third-order valence-electron chi connectivity index (χ3n) is 2.73. The highest BCUT2D eigenvalue weighted by atomic mass is 32.1. The number of hydrogen-bond donors (Lipinski definition) is 1. The summed E-state index contributed by atoms with van der Waals surface area (Å²) in [4.78, 5) is 6.45. The molecule has 0 aromatic carbocycles. The lowest BCUT2D eigenvalue weighted by molar-refractivity contribution is 0.00767. The molecule has 0 saturated carbocycles. The number of likely N-dealkylation sites (N-methyl/N-ethyl adjacent to an activating group) is 1. The minimum Gasteiger partial charge on any atom is -0.467 e. The highest BCUT2D eigenvalue weighted by Crippen LogP contribution is 2.11. The zero-order valence-electron chi connectivity index (χ0n) is 11.8. The fraction of sp³-hybridized carbons (Fsp3) is 0.500. The number of ether oxygens (including phenoxy) is 1. The number of rotatable bonds is 8. The molecule has 0 spiro atoms. The average molecular weight is 296 g/mol. The van der Waals surface area contributed by atoms with Gasteiger partial charge in [0.1, 0.15) is 17.4 Å². The Morgan fingerprint density at radius 3 is 3.05 bits per heavy atom. The van der Waals surface area contributed by atoms with Crippen LogP contribution in [0.3, 0.4) is 0 Å². The standard InChI is InChI=1S/C14H20N2O3S/c1-11-10-20-14(15-11)7-16(2)6-12(17)8-18-9-13-4-3-5-19-13/h3-5,10,12,17H,6-9H2,1-2H3. The quantitative estimate of drug-likeness (QED) is 0.808. The molecule has 0 radical (unpaired) electrons. The van der Waals surface area contributed by atoms with E-state index < -0.39 is 6.10 Å². The molecule has 6 heteroatoms. The molecular formula is C14H20N2O3S. The van der Waals surface area contributed by atoms with E-state index in [2.05, 4.69) is 4.98 Å². The summed E-state index contributed by atoms with van der Waals surface area (Å²) < 4.78 is 10.6. The van der Waals surface area contributed by atoms with Gasteiger partial charge in [-0.15, -0.1) is 11.3 Å². The van der Waals surface area contributed by atoms with Crippen LogP contribution in [0.4, 0.5) is 0 Å². The first kappa shape index (κ1) is 15.2. The van der Waals surface area contributed by atoms with Gasteiger partial charge in [-0.05, 0) is 26.1 Å². The van der Waals surface area contributed by atoms with E-state index in [1.165, 1.54) is 0 Å². The first-order chi connectivity index (χ1) is 9.63. The second-order valence-electron chi connectivity index (χ2n) is 4.83. The van der Waals surface area contributed by atoms with Gasteiger partial charge in [0.05, 0.1) is 25.5 Å². The van der Waals surface area contributed by atoms with Gasteiger partial charge in [0.2, 0.25) is 0 Å². The SMILES string of the molecule is Cc1csc(CN(C)CC(O)COCc2ccco2)n1. The Labute approximate surface area is 122 Å². The Balaban J connectivity index is 1.64. The van der Waals surface area contributed by atoms with Gasteiger partial charge in [-0.3, -0.25) is 4.90 Å². The number of aliphatic hydroxyl groups excluding tert-OH is 1. The van der Waals surface area contributed by atoms with Gasteiger partial charge in [-0.1, -0.05) is 0 Å². The minimum absolute atomic E-state index is 0.294. The molecule has 1 unspecified atom stereocenters. The van der Waals surface area contributed by atoms with E-state index in [4.69, 9.17) is 9.15 Å². The summed E-state index contributed by atoms with van der Waals surface area (Å²) in [6.07, 6.45) is 1.09. The molecule has 0 saturated heterocycles. The summed E-state index contributed by atoms with van der Waals surface area (Å²) in [6, 6.07) is 3.67. The molecule has 110 valence electrons. The first-order valence-electron chi connectivity index (χ1n) is 6.51. The van der Waals surface area contributed by atoms with Crippen LogP contribution in [0.1, 0.15) is 16.5 Å². The molecule has 0 bridgehead atoms. The van der Waals surface area contributed by atoms with E-state index in [0.717, 1.165) is 23.0 Å². The third-order valence-corrected chi connectivity index (χ3v) is 3.68. The van der Waals surface area contributed by atoms with Crippen molar-refractivity contribution in [1.29, 1.82) is 0 Å². The third kappa shape index (κ3) is 5.05. The number of aromatic nitrogens is 1. The van der Waals surface area contributed by atoms with Gasteiger partial charge in [-0.25, -0.2) is 4.98 Å². The van der Waals surface area contributed by atoms with Gasteiger partial charge in [0.25, 0.3) is 0 Å². The van der Waals surface area contributed by atoms with Crippen molar-refractivity contribution in [2.24, 2.45) is 0 Å². The second-order valence-corrected chi connectivity index (χ2v) is 5.77. The summed E-state index contributed by atoms with van der Waals surface area (Å²) in [5.41, 5.74) is 1.04. The monoisotopic (exact) mass is 296 g/mol. The van der Waals surface area contributed by atoms with Crippen molar-refractivity contribution >= 4 is 11.3 Å². The van der Waals surface area contributed by atoms with Crippen molar-refractivity contribution < 1.29 is 14.3 Å². The Hall–Kier alpha value is -1.21. The maximum atomic E-state index is 9.92. The molecule has 1 N–H and O–H groups in total. The van der Waals surface area contributed by atoms with Crippen molar-refractivity contribution in [3.8, 4) is 0 Å². The maximum absolute atomic E-state index is 9.92. The molecule has 0 aliphatic rings. The van der Waals surface area contributed by atoms with E-state index in [1.54, 1.807) is 17.6 Å². The average Bonchev–Trinajstić information content (AvgIpc) is 3.01. The van der Waals surface area contributed by atoms with Crippen molar-refractivity contribution in [2.75, 3.05) is 20.2 Å². The summed E-state index contributed by atoms with van der Waals surface area (Å²) in [6.45, 7) is 3.96. The zero-order chi connectivity index (χ0) is 14.4. The lowest BCUT2D eigenvalue weighted by atomic mass is 10.3. The molecule has 20 heavy (non-hydrogen) atoms. The van der Waals surface area contributed by atoms with Crippen LogP contribution in [-0.4, -0.2) is 41.3 Å². The fourth-order valence-electron chi connectivity index (χ4n) is 1.87. The summed E-state index contributed by atoms with van der Waals surface area (Å²) in [5, 5.41) is 13.0. The highest BCUT2D eigenvalue weighted by Gasteiger charge is 2.10. The van der Waals surface area contributed by atoms with Gasteiger partial charge >= 0.3 is 0 Å². The molecular weight excluding hydrogens is 276 g/mol. The summed E-state index contributed by atoms with van der Waals surface area (Å²) in [7, 11) is 1.96. The van der Waals surface area contributed by atoms with Crippen LogP contribution in [0, 0.1) is 6.92 Å². The molecule has 1 atom stereocenters. The van der Waals surface area contributed by atoms with Crippen LogP contribution in [0.25, 0.3) is 0 Å². The van der Waals surface area contributed by atoms with Gasteiger partial charge in [0, 0.05) is 17.6 Å². The topological polar surface area (TPSA) is 58.7 Å². The highest BCUT2D eigenvalue weighted by molar-refractivity contribution is 7.09. The number of aliphatic hydroxyl groups is 1. The normalized spacial score (nSPS) is 13.0. The Morgan fingerprint density at radius 2 is 2.40 bits per heavy atom. The Kier molecular flexibility index (Phi) is 5.72. The van der Waals surface area contributed by atoms with Gasteiger partial charge in [0.15, 0.2) is 0 Å². The smallest absolute Gasteiger partial charge is 0.129 e. The largest absolute Gasteiger partial charge is 0.467 e. The number of nitrogens with zero attached hydrogens (tertiary/aromatic N) is 2. The number of furan rings is 1. The molecule has 2 heterocycles. The van der Waals surface area contributed by atoms with E-state index in [0.29, 0.717) is 19.8 Å². The molecule has 0 aliphatic carbocycles. The first-order valence-corrected chi connectivity index (χ1v) is 7.39. The van der Waals surface area contributed by atoms with Crippen LogP contribution < -0.4 is 0 Å². The van der Waals surface area contributed by atoms with Crippen molar-refractivity contribution in [2.45, 2.75) is 26.2 Å². The molecule has 2 aromatic rings. The van der Waals surface area contributed by atoms with Gasteiger partial charge < -0.3 is 14.3 Å². The number of aryl methyl sites for hydroxylation is 1. The maximum Gasteiger partial charge on any atom is 0.129 e. The molecule has 5 nitrogen and oxygen atoms in total. The van der Waals surface area contributed by atoms with Gasteiger partial charge in [-0.2, -0.15) is 0 Å². The van der Waals surface area contributed by atoms with Crippen LogP contribution in [-0.2, 0) is 17.9 Å². The van der Waals surface area contributed by atoms with E-state index >= 15 is 0 Å². The number of hydrogen-bond acceptors (Lipinski definition) is 6. The summed E-state index contributed by atoms with van der Waals surface area (Å²) >= 11 is 1.64. The van der Waals surface area contributed by atoms with Crippen LogP contribution in [0.2, 0.25) is 0 Å². The lowest BCUT2D eigenvalue weighted by Gasteiger charge is -2.19. The fourth-order valence-corrected chi connectivity index (χ4v) is 2.72. The number of thiazole rings is 1. The Morgan fingerprint density at radius 1 is 1.55 bits per heavy atom. The van der Waals surface area contributed by atoms with Crippen molar-refractivity contribution in [3.63, 3.8) is 0 Å². The summed E-state index contributed by atoms with van der Waals surface area (Å²) in [5.74, 6) is 0.767. The second kappa shape index (κ2) is 7.54. The van der Waals surface area contributed by atoms with Crippen LogP contribution in [0.5, 0.6) is 0 Å². The predicted molar refractivity (Wildman–Crippen MR) is 77.6 cm³/mol. The Bertz CT molecular complexity index is 498. The predicted octanol–water partition coefficient (Wildman–Crippen LogP) is 2.05. The van der Waals surface area contributed by atoms with Crippen molar-refractivity contribution in [1.82, 2.24) is 9.88 Å². The molecule has 2 rings (SSSR count). The van der Waals surface area contributed by atoms with Crippen LogP contribution >= 0.6 is 11.3 Å². The molecule has 0 amide bonds. The molecule has 0 fully saturated rings. The van der Waals surface area contributed by atoms with E-state index in [9.17, 15) is 5.11 Å².